The Bertz CT molecular complexity index is 1010. The number of aryl methyl sites for hydroxylation is 2. The molecule has 0 unspecified atom stereocenters. The fourth-order valence-electron chi connectivity index (χ4n) is 5.20. The van der Waals surface area contributed by atoms with Crippen molar-refractivity contribution in [1.82, 2.24) is 0 Å². The topological polar surface area (TPSA) is 25.3 Å². The molecular weight excluding hydrogens is 436 g/mol. The quantitative estimate of drug-likeness (QED) is 0.158. The average Bonchev–Trinajstić information content (AvgIpc) is 3.23. The molecular formula is C34H48N2. The van der Waals surface area contributed by atoms with Gasteiger partial charge in [0.15, 0.2) is 0 Å². The van der Waals surface area contributed by atoms with E-state index in [2.05, 4.69) is 75.4 Å². The highest BCUT2D eigenvalue weighted by Crippen LogP contribution is 2.37. The standard InChI is InChI=1S/C34H48N2/c1-4-7-10-12-13-15-18-29-19-16-21-31(26-29)34-32(20-9-6-3)27-33(36(34)35)30-24-22-28(23-25-30)17-14-11-8-5-2/h16,19,21-27H,4-15,17-18,20H2,1-3H3. The minimum Gasteiger partial charge on any atom is -0.493 e. The number of allylic oxidation sites excluding steroid dienone is 2. The van der Waals surface area contributed by atoms with E-state index in [-0.39, 0.29) is 0 Å². The third-order valence-corrected chi connectivity index (χ3v) is 7.44. The van der Waals surface area contributed by atoms with Crippen LogP contribution in [0, 0.1) is 0 Å². The van der Waals surface area contributed by atoms with E-state index >= 15 is 0 Å². The molecule has 0 spiro atoms. The molecule has 3 rings (SSSR count). The summed E-state index contributed by atoms with van der Waals surface area (Å²) in [5, 5.41) is 0. The summed E-state index contributed by atoms with van der Waals surface area (Å²) in [5.41, 5.74) is 19.5. The molecule has 1 heterocycles. The molecule has 1 aliphatic rings. The number of unbranched alkanes of at least 4 members (excludes halogenated alkanes) is 9. The van der Waals surface area contributed by atoms with Crippen LogP contribution in [0.25, 0.3) is 16.9 Å². The maximum Gasteiger partial charge on any atom is 0.210 e. The zero-order valence-electron chi connectivity index (χ0n) is 23.2. The fourth-order valence-corrected chi connectivity index (χ4v) is 5.20. The summed E-state index contributed by atoms with van der Waals surface area (Å²) in [7, 11) is 0. The van der Waals surface area contributed by atoms with E-state index < -0.39 is 0 Å². The van der Waals surface area contributed by atoms with Crippen molar-refractivity contribution in [2.24, 2.45) is 0 Å². The maximum absolute atomic E-state index is 11.4. The summed E-state index contributed by atoms with van der Waals surface area (Å²) < 4.78 is 1.45. The first kappa shape index (κ1) is 28.1. The molecule has 0 saturated heterocycles. The normalized spacial score (nSPS) is 13.5. The molecule has 194 valence electrons. The van der Waals surface area contributed by atoms with Gasteiger partial charge in [-0.05, 0) is 73.9 Å². The molecule has 0 fully saturated rings. The highest BCUT2D eigenvalue weighted by molar-refractivity contribution is 5.78. The van der Waals surface area contributed by atoms with Crippen LogP contribution in [0.4, 0.5) is 0 Å². The first-order chi connectivity index (χ1) is 17.7. The van der Waals surface area contributed by atoms with Crippen LogP contribution < -0.4 is 0 Å². The predicted molar refractivity (Wildman–Crippen MR) is 156 cm³/mol. The Morgan fingerprint density at radius 2 is 1.19 bits per heavy atom. The maximum atomic E-state index is 11.4. The van der Waals surface area contributed by atoms with E-state index in [1.54, 1.807) is 0 Å². The van der Waals surface area contributed by atoms with Gasteiger partial charge in [-0.15, -0.1) is 0 Å². The minimum atomic E-state index is 0.898. The van der Waals surface area contributed by atoms with E-state index in [9.17, 15) is 5.53 Å². The molecule has 0 saturated carbocycles. The average molecular weight is 485 g/mol. The first-order valence-electron chi connectivity index (χ1n) is 14.8. The molecule has 36 heavy (non-hydrogen) atoms. The Morgan fingerprint density at radius 3 is 1.89 bits per heavy atom. The van der Waals surface area contributed by atoms with Crippen LogP contribution in [0.2, 0.25) is 0 Å². The molecule has 0 aromatic heterocycles. The van der Waals surface area contributed by atoms with E-state index in [1.165, 1.54) is 85.6 Å². The van der Waals surface area contributed by atoms with Crippen molar-refractivity contribution in [1.29, 1.82) is 0 Å². The molecule has 2 heteroatoms. The molecule has 0 atom stereocenters. The summed E-state index contributed by atoms with van der Waals surface area (Å²) in [6.45, 7) is 6.76. The lowest BCUT2D eigenvalue weighted by atomic mass is 9.99. The van der Waals surface area contributed by atoms with Crippen molar-refractivity contribution in [3.05, 3.63) is 88.0 Å². The van der Waals surface area contributed by atoms with Crippen LogP contribution in [-0.2, 0) is 12.8 Å². The van der Waals surface area contributed by atoms with E-state index in [1.807, 2.05) is 0 Å². The molecule has 0 amide bonds. The minimum absolute atomic E-state index is 0.898. The van der Waals surface area contributed by atoms with Gasteiger partial charge < -0.3 is 5.53 Å². The third-order valence-electron chi connectivity index (χ3n) is 7.44. The van der Waals surface area contributed by atoms with Crippen LogP contribution in [0.5, 0.6) is 0 Å². The molecule has 2 aromatic carbocycles. The van der Waals surface area contributed by atoms with Gasteiger partial charge in [0.05, 0.1) is 0 Å². The molecule has 0 bridgehead atoms. The van der Waals surface area contributed by atoms with Gasteiger partial charge in [0.1, 0.15) is 0 Å². The Kier molecular flexibility index (Phi) is 12.2. The second kappa shape index (κ2) is 15.6. The highest BCUT2D eigenvalue weighted by atomic mass is 15.2. The van der Waals surface area contributed by atoms with Crippen LogP contribution >= 0.6 is 0 Å². The SMILES string of the molecule is CCCCCCCCc1cccc(C2=C(CCCC)C=C(c3ccc(CCCCCC)cc3)[N+]2=[N-])c1. The van der Waals surface area contributed by atoms with Crippen molar-refractivity contribution >= 4 is 11.4 Å². The molecule has 0 aliphatic carbocycles. The molecule has 0 radical (unpaired) electrons. The fraction of sp³-hybridized carbons (Fsp3) is 0.529. The molecule has 2 nitrogen and oxygen atoms in total. The number of benzene rings is 2. The predicted octanol–water partition coefficient (Wildman–Crippen LogP) is 10.7. The lowest BCUT2D eigenvalue weighted by Crippen LogP contribution is -2.03. The lowest BCUT2D eigenvalue weighted by molar-refractivity contribution is -0.344. The van der Waals surface area contributed by atoms with Crippen molar-refractivity contribution in [2.75, 3.05) is 0 Å². The zero-order valence-corrected chi connectivity index (χ0v) is 23.2. The van der Waals surface area contributed by atoms with Gasteiger partial charge in [0, 0.05) is 22.8 Å². The lowest BCUT2D eigenvalue weighted by Gasteiger charge is -2.11. The summed E-state index contributed by atoms with van der Waals surface area (Å²) in [4.78, 5) is 0. The largest absolute Gasteiger partial charge is 0.493 e. The summed E-state index contributed by atoms with van der Waals surface area (Å²) in [6.07, 6.45) is 20.8. The van der Waals surface area contributed by atoms with Crippen molar-refractivity contribution in [3.63, 3.8) is 0 Å². The van der Waals surface area contributed by atoms with E-state index in [0.717, 1.165) is 54.6 Å². The zero-order chi connectivity index (χ0) is 25.6. The molecule has 2 aromatic rings. The van der Waals surface area contributed by atoms with Crippen LogP contribution in [0.15, 0.2) is 60.2 Å². The van der Waals surface area contributed by atoms with Gasteiger partial charge in [-0.2, -0.15) is 0 Å². The van der Waals surface area contributed by atoms with Crippen molar-refractivity contribution in [3.8, 4) is 0 Å². The van der Waals surface area contributed by atoms with E-state index in [4.69, 9.17) is 0 Å². The monoisotopic (exact) mass is 484 g/mol. The summed E-state index contributed by atoms with van der Waals surface area (Å²) in [6, 6.07) is 17.7. The summed E-state index contributed by atoms with van der Waals surface area (Å²) >= 11 is 0. The van der Waals surface area contributed by atoms with Gasteiger partial charge in [-0.1, -0.05) is 103 Å². The van der Waals surface area contributed by atoms with Crippen molar-refractivity contribution < 1.29 is 4.70 Å². The highest BCUT2D eigenvalue weighted by Gasteiger charge is 2.28. The third kappa shape index (κ3) is 8.29. The first-order valence-corrected chi connectivity index (χ1v) is 14.8. The second-order valence-electron chi connectivity index (χ2n) is 10.5. The van der Waals surface area contributed by atoms with Crippen molar-refractivity contribution in [2.45, 2.75) is 117 Å². The molecule has 1 aliphatic heterocycles. The van der Waals surface area contributed by atoms with Gasteiger partial charge in [0.25, 0.3) is 0 Å². The van der Waals surface area contributed by atoms with Crippen LogP contribution in [0.1, 0.15) is 126 Å². The Hall–Kier alpha value is -2.48. The number of hydrogen-bond donors (Lipinski definition) is 0. The van der Waals surface area contributed by atoms with Crippen LogP contribution in [-0.4, -0.2) is 4.70 Å². The second-order valence-corrected chi connectivity index (χ2v) is 10.5. The Balaban J connectivity index is 1.71. The number of nitrogens with zero attached hydrogens (tertiary/aromatic N) is 2. The molecule has 0 N–H and O–H groups in total. The Morgan fingerprint density at radius 1 is 0.583 bits per heavy atom. The van der Waals surface area contributed by atoms with Gasteiger partial charge >= 0.3 is 0 Å². The van der Waals surface area contributed by atoms with Crippen LogP contribution in [0.3, 0.4) is 0 Å². The van der Waals surface area contributed by atoms with E-state index in [0.29, 0.717) is 0 Å². The summed E-state index contributed by atoms with van der Waals surface area (Å²) in [5.74, 6) is 0. The number of rotatable bonds is 17. The number of hydrogen-bond acceptors (Lipinski definition) is 0. The van der Waals surface area contributed by atoms with Gasteiger partial charge in [0.2, 0.25) is 11.4 Å². The van der Waals surface area contributed by atoms with Gasteiger partial charge in [-0.3, -0.25) is 0 Å². The smallest absolute Gasteiger partial charge is 0.210 e. The van der Waals surface area contributed by atoms with Gasteiger partial charge in [-0.25, -0.2) is 4.70 Å². The Labute approximate surface area is 221 Å².